The van der Waals surface area contributed by atoms with Crippen LogP contribution in [0.3, 0.4) is 0 Å². The van der Waals surface area contributed by atoms with Gasteiger partial charge in [-0.1, -0.05) is 24.3 Å². The van der Waals surface area contributed by atoms with Crippen LogP contribution in [0.25, 0.3) is 28.0 Å². The van der Waals surface area contributed by atoms with Gasteiger partial charge < -0.3 is 10.8 Å². The maximum Gasteiger partial charge on any atom is 0.154 e. The van der Waals surface area contributed by atoms with Crippen LogP contribution in [0.15, 0.2) is 60.8 Å². The molecule has 3 aromatic heterocycles. The van der Waals surface area contributed by atoms with Crippen LogP contribution in [-0.2, 0) is 13.0 Å². The van der Waals surface area contributed by atoms with Crippen molar-refractivity contribution in [2.45, 2.75) is 31.9 Å². The van der Waals surface area contributed by atoms with Gasteiger partial charge >= 0.3 is 0 Å². The Bertz CT molecular complexity index is 1160. The monoisotopic (exact) mass is 385 g/mol. The van der Waals surface area contributed by atoms with E-state index in [0.717, 1.165) is 34.3 Å². The average molecular weight is 385 g/mol. The quantitative estimate of drug-likeness (QED) is 0.532. The predicted octanol–water partition coefficient (Wildman–Crippen LogP) is 3.25. The Hall–Kier alpha value is -3.09. The second-order valence-corrected chi connectivity index (χ2v) is 7.69. The lowest BCUT2D eigenvalue weighted by Gasteiger charge is -2.11. The number of rotatable bonds is 6. The number of benzene rings is 1. The number of aromatic nitrogens is 4. The summed E-state index contributed by atoms with van der Waals surface area (Å²) in [6.45, 7) is -0.0992. The Morgan fingerprint density at radius 1 is 1.03 bits per heavy atom. The van der Waals surface area contributed by atoms with Crippen molar-refractivity contribution in [2.75, 3.05) is 0 Å². The van der Waals surface area contributed by atoms with E-state index in [2.05, 4.69) is 28.3 Å². The highest BCUT2D eigenvalue weighted by atomic mass is 16.3. The van der Waals surface area contributed by atoms with E-state index in [1.165, 1.54) is 12.8 Å². The minimum absolute atomic E-state index is 0.0992. The molecule has 1 aromatic carbocycles. The Labute approximate surface area is 169 Å². The van der Waals surface area contributed by atoms with Gasteiger partial charge in [0, 0.05) is 29.1 Å². The van der Waals surface area contributed by atoms with Gasteiger partial charge in [0.1, 0.15) is 0 Å². The Balaban J connectivity index is 1.51. The minimum atomic E-state index is -0.0992. The van der Waals surface area contributed by atoms with Crippen molar-refractivity contribution in [3.05, 3.63) is 72.2 Å². The summed E-state index contributed by atoms with van der Waals surface area (Å²) in [5.41, 5.74) is 10.8. The largest absolute Gasteiger partial charge is 0.390 e. The van der Waals surface area contributed by atoms with Crippen LogP contribution in [0.1, 0.15) is 24.2 Å². The molecular formula is C23H23N5O. The second-order valence-electron chi connectivity index (χ2n) is 7.69. The Kier molecular flexibility index (Phi) is 4.58. The molecule has 3 heterocycles. The third-order valence-corrected chi connectivity index (χ3v) is 5.52. The fourth-order valence-electron chi connectivity index (χ4n) is 3.72. The highest BCUT2D eigenvalue weighted by molar-refractivity contribution is 5.84. The van der Waals surface area contributed by atoms with E-state index in [9.17, 15) is 5.11 Å². The number of hydrogen-bond acceptors (Lipinski definition) is 5. The molecule has 1 aliphatic rings. The summed E-state index contributed by atoms with van der Waals surface area (Å²) in [7, 11) is 0. The Morgan fingerprint density at radius 2 is 1.86 bits per heavy atom. The molecule has 0 aliphatic heterocycles. The van der Waals surface area contributed by atoms with Gasteiger partial charge in [-0.05, 0) is 49.1 Å². The summed E-state index contributed by atoms with van der Waals surface area (Å²) in [6, 6.07) is 18.1. The fourth-order valence-corrected chi connectivity index (χ4v) is 3.72. The SMILES string of the molecule is N[C@H](Cc1cccc(-c2ccc3cnn(-c4cccc(CO)n4)c3c2)n1)C1CC1. The molecule has 1 aliphatic carbocycles. The molecule has 4 aromatic rings. The molecule has 3 N–H and O–H groups in total. The zero-order valence-corrected chi connectivity index (χ0v) is 16.1. The number of fused-ring (bicyclic) bond motifs is 1. The minimum Gasteiger partial charge on any atom is -0.390 e. The van der Waals surface area contributed by atoms with Crippen molar-refractivity contribution in [2.24, 2.45) is 11.7 Å². The maximum atomic E-state index is 9.38. The number of pyridine rings is 2. The normalized spacial score (nSPS) is 15.0. The van der Waals surface area contributed by atoms with Crippen LogP contribution in [0.2, 0.25) is 0 Å². The topological polar surface area (TPSA) is 89.8 Å². The number of aliphatic hydroxyl groups is 1. The van der Waals surface area contributed by atoms with Crippen molar-refractivity contribution in [3.63, 3.8) is 0 Å². The summed E-state index contributed by atoms with van der Waals surface area (Å²) in [6.07, 6.45) is 5.13. The van der Waals surface area contributed by atoms with Crippen LogP contribution >= 0.6 is 0 Å². The molecule has 0 unspecified atom stereocenters. The molecule has 146 valence electrons. The first-order chi connectivity index (χ1) is 14.2. The molecule has 0 saturated heterocycles. The molecule has 6 heteroatoms. The predicted molar refractivity (Wildman–Crippen MR) is 112 cm³/mol. The first kappa shape index (κ1) is 18.0. The molecular weight excluding hydrogens is 362 g/mol. The van der Waals surface area contributed by atoms with Gasteiger partial charge in [0.15, 0.2) is 5.82 Å². The highest BCUT2D eigenvalue weighted by Gasteiger charge is 2.28. The molecule has 0 radical (unpaired) electrons. The van der Waals surface area contributed by atoms with E-state index in [-0.39, 0.29) is 12.6 Å². The first-order valence-corrected chi connectivity index (χ1v) is 9.98. The first-order valence-electron chi connectivity index (χ1n) is 9.98. The number of hydrogen-bond donors (Lipinski definition) is 2. The number of aliphatic hydroxyl groups excluding tert-OH is 1. The van der Waals surface area contributed by atoms with E-state index < -0.39 is 0 Å². The van der Waals surface area contributed by atoms with E-state index in [0.29, 0.717) is 17.4 Å². The second kappa shape index (κ2) is 7.39. The van der Waals surface area contributed by atoms with Crippen LogP contribution in [0, 0.1) is 5.92 Å². The van der Waals surface area contributed by atoms with Crippen LogP contribution in [0.5, 0.6) is 0 Å². The number of nitrogens with zero attached hydrogens (tertiary/aromatic N) is 4. The lowest BCUT2D eigenvalue weighted by Crippen LogP contribution is -2.25. The van der Waals surface area contributed by atoms with Crippen molar-refractivity contribution in [1.82, 2.24) is 19.7 Å². The van der Waals surface area contributed by atoms with Crippen LogP contribution in [-0.4, -0.2) is 30.9 Å². The van der Waals surface area contributed by atoms with E-state index in [4.69, 9.17) is 10.7 Å². The van der Waals surface area contributed by atoms with Crippen molar-refractivity contribution in [3.8, 4) is 17.1 Å². The molecule has 29 heavy (non-hydrogen) atoms. The van der Waals surface area contributed by atoms with Gasteiger partial charge in [0.25, 0.3) is 0 Å². The van der Waals surface area contributed by atoms with Gasteiger partial charge in [0.2, 0.25) is 0 Å². The van der Waals surface area contributed by atoms with Crippen LogP contribution < -0.4 is 5.73 Å². The zero-order valence-electron chi connectivity index (χ0n) is 16.1. The zero-order chi connectivity index (χ0) is 19.8. The maximum absolute atomic E-state index is 9.38. The van der Waals surface area contributed by atoms with Gasteiger partial charge in [0.05, 0.1) is 29.7 Å². The molecule has 6 nitrogen and oxygen atoms in total. The summed E-state index contributed by atoms with van der Waals surface area (Å²) in [5, 5.41) is 14.9. The van der Waals surface area contributed by atoms with Gasteiger partial charge in [-0.15, -0.1) is 0 Å². The van der Waals surface area contributed by atoms with Gasteiger partial charge in [-0.25, -0.2) is 9.67 Å². The lowest BCUT2D eigenvalue weighted by atomic mass is 10.1. The molecule has 1 atom stereocenters. The molecule has 5 rings (SSSR count). The van der Waals surface area contributed by atoms with Crippen molar-refractivity contribution >= 4 is 10.9 Å². The summed E-state index contributed by atoms with van der Waals surface area (Å²) >= 11 is 0. The van der Waals surface area contributed by atoms with E-state index in [1.807, 2.05) is 36.5 Å². The summed E-state index contributed by atoms with van der Waals surface area (Å²) in [5.74, 6) is 1.34. The third kappa shape index (κ3) is 3.64. The average Bonchev–Trinajstić information content (AvgIpc) is 3.53. The molecule has 0 bridgehead atoms. The third-order valence-electron chi connectivity index (χ3n) is 5.52. The Morgan fingerprint density at radius 3 is 2.69 bits per heavy atom. The highest BCUT2D eigenvalue weighted by Crippen LogP contribution is 2.33. The fraction of sp³-hybridized carbons (Fsp3) is 0.261. The molecule has 0 amide bonds. The van der Waals surface area contributed by atoms with E-state index >= 15 is 0 Å². The molecule has 1 saturated carbocycles. The van der Waals surface area contributed by atoms with Crippen molar-refractivity contribution < 1.29 is 5.11 Å². The molecule has 0 spiro atoms. The van der Waals surface area contributed by atoms with Gasteiger partial charge in [-0.3, -0.25) is 4.98 Å². The number of nitrogens with two attached hydrogens (primary N) is 1. The van der Waals surface area contributed by atoms with Crippen LogP contribution in [0.4, 0.5) is 0 Å². The summed E-state index contributed by atoms with van der Waals surface area (Å²) < 4.78 is 1.80. The standard InChI is InChI=1S/C23H23N5O/c24-20(15-7-8-15)12-18-3-1-5-21(26-18)16-9-10-17-13-25-28(22(17)11-16)23-6-2-4-19(14-29)27-23/h1-6,9-11,13,15,20,29H,7-8,12,14,24H2/t20-/m1/s1. The van der Waals surface area contributed by atoms with E-state index in [1.54, 1.807) is 10.7 Å². The molecule has 1 fully saturated rings. The smallest absolute Gasteiger partial charge is 0.154 e. The summed E-state index contributed by atoms with van der Waals surface area (Å²) in [4.78, 5) is 9.33. The van der Waals surface area contributed by atoms with Crippen molar-refractivity contribution in [1.29, 1.82) is 0 Å². The van der Waals surface area contributed by atoms with Gasteiger partial charge in [-0.2, -0.15) is 5.10 Å². The lowest BCUT2D eigenvalue weighted by molar-refractivity contribution is 0.276.